The van der Waals surface area contributed by atoms with Gasteiger partial charge in [-0.25, -0.2) is 4.79 Å². The zero-order valence-corrected chi connectivity index (χ0v) is 10.6. The highest BCUT2D eigenvalue weighted by molar-refractivity contribution is 5.15. The van der Waals surface area contributed by atoms with Crippen LogP contribution in [0.5, 0.6) is 0 Å². The molecule has 0 spiro atoms. The molecule has 21 heavy (non-hydrogen) atoms. The van der Waals surface area contributed by atoms with E-state index in [-0.39, 0.29) is 6.26 Å². The maximum absolute atomic E-state index is 11.9. The van der Waals surface area contributed by atoms with E-state index in [0.717, 1.165) is 12.3 Å². The molecule has 4 atom stereocenters. The van der Waals surface area contributed by atoms with Crippen molar-refractivity contribution in [1.29, 1.82) is 0 Å². The number of ether oxygens (including phenoxy) is 1. The van der Waals surface area contributed by atoms with Crippen molar-refractivity contribution in [3.63, 3.8) is 0 Å². The molecule has 0 bridgehead atoms. The summed E-state index contributed by atoms with van der Waals surface area (Å²) < 4.78 is 5.79. The molecule has 1 aliphatic rings. The monoisotopic (exact) mass is 302 g/mol. The highest BCUT2D eigenvalue weighted by Gasteiger charge is 2.59. The predicted octanol–water partition coefficient (Wildman–Crippen LogP) is -2.74. The zero-order chi connectivity index (χ0) is 15.8. The van der Waals surface area contributed by atoms with Crippen molar-refractivity contribution in [2.45, 2.75) is 24.0 Å². The molecule has 6 N–H and O–H groups in total. The fourth-order valence-corrected chi connectivity index (χ4v) is 2.26. The van der Waals surface area contributed by atoms with Gasteiger partial charge in [0.15, 0.2) is 5.76 Å². The van der Waals surface area contributed by atoms with Crippen molar-refractivity contribution < 1.29 is 30.3 Å². The smallest absolute Gasteiger partial charge is 0.331 e. The second-order valence-corrected chi connectivity index (χ2v) is 4.47. The van der Waals surface area contributed by atoms with Crippen LogP contribution < -0.4 is 11.2 Å². The highest BCUT2D eigenvalue weighted by Crippen LogP contribution is 2.39. The van der Waals surface area contributed by atoms with Crippen LogP contribution >= 0.6 is 0 Å². The number of nitrogens with one attached hydrogen (secondary N) is 1. The van der Waals surface area contributed by atoms with Gasteiger partial charge >= 0.3 is 5.69 Å². The normalized spacial score (nSPS) is 33.3. The van der Waals surface area contributed by atoms with Crippen LogP contribution in [0.15, 0.2) is 33.9 Å². The Morgan fingerprint density at radius 1 is 1.48 bits per heavy atom. The van der Waals surface area contributed by atoms with E-state index in [1.807, 2.05) is 4.98 Å². The maximum atomic E-state index is 11.9. The summed E-state index contributed by atoms with van der Waals surface area (Å²) in [7, 11) is 0. The molecule has 0 radical (unpaired) electrons. The molecule has 1 saturated heterocycles. The third kappa shape index (κ3) is 2.14. The van der Waals surface area contributed by atoms with Gasteiger partial charge in [-0.3, -0.25) is 14.3 Å². The highest BCUT2D eigenvalue weighted by atomic mass is 16.6. The van der Waals surface area contributed by atoms with Gasteiger partial charge in [0.25, 0.3) is 5.56 Å². The first kappa shape index (κ1) is 15.3. The number of nitrogens with zero attached hydrogens (tertiary/aromatic N) is 1. The summed E-state index contributed by atoms with van der Waals surface area (Å²) in [6.45, 7) is -0.712. The van der Waals surface area contributed by atoms with Gasteiger partial charge in [-0.15, -0.1) is 0 Å². The van der Waals surface area contributed by atoms with Crippen LogP contribution in [0.25, 0.3) is 0 Å². The van der Waals surface area contributed by atoms with E-state index in [2.05, 4.69) is 0 Å². The van der Waals surface area contributed by atoms with Crippen molar-refractivity contribution in [3.05, 3.63) is 45.1 Å². The molecule has 1 fully saturated rings. The maximum Gasteiger partial charge on any atom is 0.331 e. The minimum Gasteiger partial charge on any atom is -0.512 e. The summed E-state index contributed by atoms with van der Waals surface area (Å²) in [6.07, 6.45) is -3.76. The number of aliphatic hydroxyl groups excluding tert-OH is 5. The van der Waals surface area contributed by atoms with Gasteiger partial charge in [-0.1, -0.05) is 0 Å². The molecule has 2 heterocycles. The average molecular weight is 302 g/mol. The van der Waals surface area contributed by atoms with E-state index in [1.165, 1.54) is 0 Å². The van der Waals surface area contributed by atoms with E-state index in [0.29, 0.717) is 4.57 Å². The predicted molar refractivity (Wildman–Crippen MR) is 66.6 cm³/mol. The number of rotatable bonds is 3. The lowest BCUT2D eigenvalue weighted by Crippen LogP contribution is -2.52. The first-order valence-electron chi connectivity index (χ1n) is 5.89. The van der Waals surface area contributed by atoms with E-state index < -0.39 is 47.7 Å². The Morgan fingerprint density at radius 2 is 2.14 bits per heavy atom. The molecular formula is C11H14N2O8. The van der Waals surface area contributed by atoms with Gasteiger partial charge < -0.3 is 30.3 Å². The molecule has 2 rings (SSSR count). The minimum atomic E-state index is -2.37. The molecule has 0 unspecified atom stereocenters. The number of hydrogen-bond acceptors (Lipinski definition) is 8. The van der Waals surface area contributed by atoms with Crippen LogP contribution in [0, 0.1) is 0 Å². The summed E-state index contributed by atoms with van der Waals surface area (Å²) >= 11 is 0. The molecule has 10 nitrogen and oxygen atoms in total. The van der Waals surface area contributed by atoms with Crippen LogP contribution in [-0.4, -0.2) is 60.0 Å². The Labute approximate surface area is 116 Å². The lowest BCUT2D eigenvalue weighted by Gasteiger charge is -2.32. The van der Waals surface area contributed by atoms with Crippen LogP contribution in [-0.2, 0) is 10.5 Å². The lowest BCUT2D eigenvalue weighted by molar-refractivity contribution is -0.145. The average Bonchev–Trinajstić information content (AvgIpc) is 2.72. The third-order valence-electron chi connectivity index (χ3n) is 3.29. The lowest BCUT2D eigenvalue weighted by atomic mass is 10.0. The SMILES string of the molecule is O=c1ccn([C@]2(/C(O)=C/O)O[C@H](CO)[C@@H](O)[C@H]2O)c(=O)[nH]1. The largest absolute Gasteiger partial charge is 0.512 e. The molecule has 1 aromatic heterocycles. The first-order chi connectivity index (χ1) is 9.88. The molecule has 1 aliphatic heterocycles. The van der Waals surface area contributed by atoms with E-state index in [1.54, 1.807) is 0 Å². The van der Waals surface area contributed by atoms with Gasteiger partial charge in [0, 0.05) is 12.3 Å². The summed E-state index contributed by atoms with van der Waals surface area (Å²) in [5, 5.41) is 47.8. The van der Waals surface area contributed by atoms with Crippen LogP contribution in [0.2, 0.25) is 0 Å². The van der Waals surface area contributed by atoms with Gasteiger partial charge in [-0.2, -0.15) is 0 Å². The van der Waals surface area contributed by atoms with Crippen LogP contribution in [0.1, 0.15) is 0 Å². The number of aliphatic hydroxyl groups is 5. The van der Waals surface area contributed by atoms with Gasteiger partial charge in [0.2, 0.25) is 5.72 Å². The van der Waals surface area contributed by atoms with Crippen molar-refractivity contribution >= 4 is 0 Å². The summed E-state index contributed by atoms with van der Waals surface area (Å²) in [5.74, 6) is -0.987. The Hall–Kier alpha value is -2.14. The topological polar surface area (TPSA) is 165 Å². The molecule has 0 aliphatic carbocycles. The van der Waals surface area contributed by atoms with Crippen LogP contribution in [0.3, 0.4) is 0 Å². The third-order valence-corrected chi connectivity index (χ3v) is 3.29. The van der Waals surface area contributed by atoms with Crippen molar-refractivity contribution in [2.24, 2.45) is 0 Å². The van der Waals surface area contributed by atoms with Crippen molar-refractivity contribution in [3.8, 4) is 0 Å². The van der Waals surface area contributed by atoms with Gasteiger partial charge in [0.05, 0.1) is 6.61 Å². The number of hydrogen-bond donors (Lipinski definition) is 6. The second kappa shape index (κ2) is 5.33. The Morgan fingerprint density at radius 3 is 2.62 bits per heavy atom. The molecule has 10 heteroatoms. The minimum absolute atomic E-state index is 0.174. The summed E-state index contributed by atoms with van der Waals surface area (Å²) in [5.41, 5.74) is -4.16. The number of aromatic amines is 1. The van der Waals surface area contributed by atoms with Crippen molar-refractivity contribution in [1.82, 2.24) is 9.55 Å². The molecular weight excluding hydrogens is 288 g/mol. The first-order valence-corrected chi connectivity index (χ1v) is 5.89. The Bertz CT molecular complexity index is 665. The van der Waals surface area contributed by atoms with Crippen LogP contribution in [0.4, 0.5) is 0 Å². The molecule has 116 valence electrons. The van der Waals surface area contributed by atoms with Gasteiger partial charge in [0.1, 0.15) is 24.6 Å². The number of aromatic nitrogens is 2. The van der Waals surface area contributed by atoms with Gasteiger partial charge in [-0.05, 0) is 0 Å². The summed E-state index contributed by atoms with van der Waals surface area (Å²) in [4.78, 5) is 24.8. The fraction of sp³-hybridized carbons (Fsp3) is 0.455. The van der Waals surface area contributed by atoms with E-state index in [9.17, 15) is 24.9 Å². The second-order valence-electron chi connectivity index (χ2n) is 4.47. The Kier molecular flexibility index (Phi) is 3.87. The quantitative estimate of drug-likeness (QED) is 0.327. The Balaban J connectivity index is 2.70. The van der Waals surface area contributed by atoms with E-state index >= 15 is 0 Å². The zero-order valence-electron chi connectivity index (χ0n) is 10.6. The summed E-state index contributed by atoms with van der Waals surface area (Å²) in [6, 6.07) is 0.919. The molecule has 0 saturated carbocycles. The molecule has 0 aromatic carbocycles. The van der Waals surface area contributed by atoms with Crippen molar-refractivity contribution in [2.75, 3.05) is 6.61 Å². The van der Waals surface area contributed by atoms with E-state index in [4.69, 9.17) is 14.9 Å². The molecule has 1 aromatic rings. The number of H-pyrrole nitrogens is 1. The standard InChI is InChI=1S/C11H14N2O8/c14-3-5-8(18)9(19)11(21-5,6(16)4-15)13-2-1-7(17)12-10(13)20/h1-2,4-5,8-9,14-16,18-19H,3H2,(H,12,17,20)/b6-4-/t5-,8-,9-,11-/m1/s1. The molecule has 0 amide bonds. The fourth-order valence-electron chi connectivity index (χ4n) is 2.26.